The first-order chi connectivity index (χ1) is 8.71. The minimum atomic E-state index is -0.641. The number of hydrogen-bond acceptors (Lipinski definition) is 5. The zero-order chi connectivity index (χ0) is 13.4. The standard InChI is InChI=1S/C13H21NO4/c1-3-17-8-11(15)9-18-13-5-4-12(16-2)6-10(13)7-14/h4-6,11,15H,3,7-9,14H2,1-2H3. The Labute approximate surface area is 107 Å². The van der Waals surface area contributed by atoms with Gasteiger partial charge in [-0.2, -0.15) is 0 Å². The summed E-state index contributed by atoms with van der Waals surface area (Å²) in [5, 5.41) is 9.60. The molecule has 0 spiro atoms. The number of hydrogen-bond donors (Lipinski definition) is 2. The van der Waals surface area contributed by atoms with Crippen molar-refractivity contribution < 1.29 is 19.3 Å². The summed E-state index contributed by atoms with van der Waals surface area (Å²) in [4.78, 5) is 0. The van der Waals surface area contributed by atoms with E-state index in [1.165, 1.54) is 0 Å². The van der Waals surface area contributed by atoms with Crippen LogP contribution in [-0.4, -0.2) is 38.1 Å². The third kappa shape index (κ3) is 4.52. The Morgan fingerprint density at radius 3 is 2.72 bits per heavy atom. The first-order valence-corrected chi connectivity index (χ1v) is 5.96. The Morgan fingerprint density at radius 1 is 1.33 bits per heavy atom. The molecule has 1 atom stereocenters. The van der Waals surface area contributed by atoms with E-state index in [4.69, 9.17) is 19.9 Å². The average molecular weight is 255 g/mol. The number of aliphatic hydroxyl groups is 1. The summed E-state index contributed by atoms with van der Waals surface area (Å²) in [6, 6.07) is 5.40. The molecule has 0 fully saturated rings. The maximum atomic E-state index is 9.60. The van der Waals surface area contributed by atoms with Crippen molar-refractivity contribution in [1.82, 2.24) is 0 Å². The molecule has 3 N–H and O–H groups in total. The topological polar surface area (TPSA) is 73.9 Å². The maximum absolute atomic E-state index is 9.60. The first-order valence-electron chi connectivity index (χ1n) is 5.96. The van der Waals surface area contributed by atoms with Gasteiger partial charge in [0.05, 0.1) is 13.7 Å². The molecule has 0 aliphatic heterocycles. The Bertz CT molecular complexity index is 357. The van der Waals surface area contributed by atoms with Crippen LogP contribution in [0.25, 0.3) is 0 Å². The van der Waals surface area contributed by atoms with Crippen molar-refractivity contribution in [2.45, 2.75) is 19.6 Å². The second kappa shape index (κ2) is 7.92. The second-order valence-corrected chi connectivity index (χ2v) is 3.80. The van der Waals surface area contributed by atoms with E-state index in [0.717, 1.165) is 11.3 Å². The fraction of sp³-hybridized carbons (Fsp3) is 0.538. The molecule has 0 aliphatic rings. The third-order valence-corrected chi connectivity index (χ3v) is 2.43. The van der Waals surface area contributed by atoms with E-state index in [0.29, 0.717) is 18.9 Å². The second-order valence-electron chi connectivity index (χ2n) is 3.80. The monoisotopic (exact) mass is 255 g/mol. The molecule has 1 aromatic rings. The molecule has 0 amide bonds. The largest absolute Gasteiger partial charge is 0.497 e. The highest BCUT2D eigenvalue weighted by Gasteiger charge is 2.08. The van der Waals surface area contributed by atoms with Crippen LogP contribution in [0, 0.1) is 0 Å². The molecule has 0 saturated carbocycles. The van der Waals surface area contributed by atoms with Gasteiger partial charge in [-0.15, -0.1) is 0 Å². The summed E-state index contributed by atoms with van der Waals surface area (Å²) in [5.41, 5.74) is 6.48. The van der Waals surface area contributed by atoms with Crippen molar-refractivity contribution in [2.75, 3.05) is 26.9 Å². The molecule has 1 aromatic carbocycles. The summed E-state index contributed by atoms with van der Waals surface area (Å²) in [6.07, 6.45) is -0.641. The van der Waals surface area contributed by atoms with Gasteiger partial charge in [-0.1, -0.05) is 0 Å². The van der Waals surface area contributed by atoms with Crippen LogP contribution in [0.5, 0.6) is 11.5 Å². The lowest BCUT2D eigenvalue weighted by Gasteiger charge is -2.15. The Balaban J connectivity index is 2.55. The van der Waals surface area contributed by atoms with E-state index < -0.39 is 6.10 Å². The van der Waals surface area contributed by atoms with E-state index in [2.05, 4.69) is 0 Å². The van der Waals surface area contributed by atoms with E-state index in [1.807, 2.05) is 13.0 Å². The van der Waals surface area contributed by atoms with Crippen LogP contribution in [0.2, 0.25) is 0 Å². The van der Waals surface area contributed by atoms with Crippen molar-refractivity contribution in [1.29, 1.82) is 0 Å². The van der Waals surface area contributed by atoms with Gasteiger partial charge in [-0.3, -0.25) is 0 Å². The van der Waals surface area contributed by atoms with Crippen molar-refractivity contribution in [3.63, 3.8) is 0 Å². The van der Waals surface area contributed by atoms with E-state index in [-0.39, 0.29) is 13.2 Å². The van der Waals surface area contributed by atoms with Crippen LogP contribution in [-0.2, 0) is 11.3 Å². The summed E-state index contributed by atoms with van der Waals surface area (Å²) >= 11 is 0. The predicted octanol–water partition coefficient (Wildman–Crippen LogP) is 0.930. The van der Waals surface area contributed by atoms with Gasteiger partial charge in [-0.05, 0) is 25.1 Å². The predicted molar refractivity (Wildman–Crippen MR) is 68.9 cm³/mol. The minimum Gasteiger partial charge on any atom is -0.497 e. The number of benzene rings is 1. The normalized spacial score (nSPS) is 12.2. The number of ether oxygens (including phenoxy) is 3. The molecule has 1 unspecified atom stereocenters. The lowest BCUT2D eigenvalue weighted by atomic mass is 10.2. The molecule has 0 aliphatic carbocycles. The Hall–Kier alpha value is -1.30. The summed E-state index contributed by atoms with van der Waals surface area (Å²) in [5.74, 6) is 1.39. The minimum absolute atomic E-state index is 0.180. The summed E-state index contributed by atoms with van der Waals surface area (Å²) in [6.45, 7) is 3.26. The van der Waals surface area contributed by atoms with Crippen molar-refractivity contribution in [3.05, 3.63) is 23.8 Å². The SMILES string of the molecule is CCOCC(O)COc1ccc(OC)cc1CN. The smallest absolute Gasteiger partial charge is 0.124 e. The molecule has 0 saturated heterocycles. The third-order valence-electron chi connectivity index (χ3n) is 2.43. The van der Waals surface area contributed by atoms with E-state index in [9.17, 15) is 5.11 Å². The van der Waals surface area contributed by atoms with Crippen LogP contribution < -0.4 is 15.2 Å². The van der Waals surface area contributed by atoms with Gasteiger partial charge in [0.1, 0.15) is 24.2 Å². The fourth-order valence-electron chi connectivity index (χ4n) is 1.47. The van der Waals surface area contributed by atoms with Crippen LogP contribution >= 0.6 is 0 Å². The zero-order valence-corrected chi connectivity index (χ0v) is 10.9. The van der Waals surface area contributed by atoms with Crippen LogP contribution in [0.15, 0.2) is 18.2 Å². The molecule has 0 bridgehead atoms. The van der Waals surface area contributed by atoms with Gasteiger partial charge in [-0.25, -0.2) is 0 Å². The highest BCUT2D eigenvalue weighted by Crippen LogP contribution is 2.23. The Kier molecular flexibility index (Phi) is 6.49. The summed E-state index contributed by atoms with van der Waals surface area (Å²) < 4.78 is 15.7. The van der Waals surface area contributed by atoms with Gasteiger partial charge in [0.15, 0.2) is 0 Å². The lowest BCUT2D eigenvalue weighted by molar-refractivity contribution is 0.0162. The maximum Gasteiger partial charge on any atom is 0.124 e. The van der Waals surface area contributed by atoms with Gasteiger partial charge in [0, 0.05) is 18.7 Å². The molecule has 0 radical (unpaired) electrons. The number of methoxy groups -OCH3 is 1. The van der Waals surface area contributed by atoms with Gasteiger partial charge in [0.25, 0.3) is 0 Å². The van der Waals surface area contributed by atoms with Crippen LogP contribution in [0.1, 0.15) is 12.5 Å². The highest BCUT2D eigenvalue weighted by molar-refractivity contribution is 5.40. The quantitative estimate of drug-likeness (QED) is 0.723. The fourth-order valence-corrected chi connectivity index (χ4v) is 1.47. The van der Waals surface area contributed by atoms with Crippen LogP contribution in [0.4, 0.5) is 0 Å². The number of rotatable bonds is 8. The van der Waals surface area contributed by atoms with Crippen LogP contribution in [0.3, 0.4) is 0 Å². The van der Waals surface area contributed by atoms with Gasteiger partial charge in [0.2, 0.25) is 0 Å². The molecule has 5 nitrogen and oxygen atoms in total. The summed E-state index contributed by atoms with van der Waals surface area (Å²) in [7, 11) is 1.60. The Morgan fingerprint density at radius 2 is 2.11 bits per heavy atom. The number of nitrogens with two attached hydrogens (primary N) is 1. The van der Waals surface area contributed by atoms with Crippen molar-refractivity contribution >= 4 is 0 Å². The molecule has 0 heterocycles. The zero-order valence-electron chi connectivity index (χ0n) is 10.9. The first kappa shape index (κ1) is 14.8. The van der Waals surface area contributed by atoms with Crippen molar-refractivity contribution in [3.8, 4) is 11.5 Å². The molecule has 102 valence electrons. The molecule has 5 heteroatoms. The highest BCUT2D eigenvalue weighted by atomic mass is 16.5. The lowest BCUT2D eigenvalue weighted by Crippen LogP contribution is -2.23. The molecule has 1 rings (SSSR count). The van der Waals surface area contributed by atoms with E-state index >= 15 is 0 Å². The molecule has 18 heavy (non-hydrogen) atoms. The molecular formula is C13H21NO4. The van der Waals surface area contributed by atoms with Gasteiger partial charge >= 0.3 is 0 Å². The van der Waals surface area contributed by atoms with Crippen molar-refractivity contribution in [2.24, 2.45) is 5.73 Å². The molecule has 0 aromatic heterocycles. The molecular weight excluding hydrogens is 234 g/mol. The van der Waals surface area contributed by atoms with E-state index in [1.54, 1.807) is 19.2 Å². The van der Waals surface area contributed by atoms with Gasteiger partial charge < -0.3 is 25.1 Å². The average Bonchev–Trinajstić information content (AvgIpc) is 2.42. The number of aliphatic hydroxyl groups excluding tert-OH is 1.